The fourth-order valence-electron chi connectivity index (χ4n) is 3.83. The molecular weight excluding hydrogens is 555 g/mol. The third kappa shape index (κ3) is 5.95. The highest BCUT2D eigenvalue weighted by Crippen LogP contribution is 2.38. The average molecular weight is 572 g/mol. The summed E-state index contributed by atoms with van der Waals surface area (Å²) in [6.07, 6.45) is -3.38. The zero-order valence-electron chi connectivity index (χ0n) is 19.5. The van der Waals surface area contributed by atoms with Gasteiger partial charge in [0.15, 0.2) is 17.4 Å². The van der Waals surface area contributed by atoms with Gasteiger partial charge in [0.1, 0.15) is 24.1 Å². The second-order valence-electron chi connectivity index (χ2n) is 8.28. The van der Waals surface area contributed by atoms with Crippen molar-refractivity contribution in [3.05, 3.63) is 81.5 Å². The van der Waals surface area contributed by atoms with Crippen LogP contribution in [0.4, 0.5) is 35.1 Å². The molecule has 0 fully saturated rings. The van der Waals surface area contributed by atoms with Crippen molar-refractivity contribution in [3.63, 3.8) is 0 Å². The van der Waals surface area contributed by atoms with Crippen molar-refractivity contribution in [3.8, 4) is 28.7 Å². The quantitative estimate of drug-likeness (QED) is 0.129. The number of hydrogen-bond acceptors (Lipinski definition) is 2. The molecule has 1 nitrogen and oxygen atoms in total. The van der Waals surface area contributed by atoms with Gasteiger partial charge < -0.3 is 4.74 Å². The van der Waals surface area contributed by atoms with E-state index in [0.717, 1.165) is 23.3 Å². The van der Waals surface area contributed by atoms with Crippen molar-refractivity contribution in [2.75, 3.05) is 0 Å². The maximum absolute atomic E-state index is 15.3. The third-order valence-electron chi connectivity index (χ3n) is 5.42. The molecule has 0 bridgehead atoms. The molecule has 1 heterocycles. The molecule has 0 N–H and O–H groups in total. The molecule has 0 saturated carbocycles. The first kappa shape index (κ1) is 27.9. The van der Waals surface area contributed by atoms with Crippen LogP contribution in [0.1, 0.15) is 29.3 Å². The lowest BCUT2D eigenvalue weighted by Crippen LogP contribution is -2.08. The van der Waals surface area contributed by atoms with Crippen LogP contribution in [0.5, 0.6) is 5.75 Å². The Labute approximate surface area is 218 Å². The standard InChI is InChI=1S/C27H17F8OPS/c1-2-3-16-8-15-10-20(30)23(24(32)26(15)38-16)14-9-21(31)25(22(37)11-14)36-12-13-6-18(28)17(19(29)7-13)4-5-27(33,34)35/h6-11H,2-3,12,37H2,1H3. The van der Waals surface area contributed by atoms with E-state index in [4.69, 9.17) is 4.74 Å². The summed E-state index contributed by atoms with van der Waals surface area (Å²) in [5.41, 5.74) is -1.70. The highest BCUT2D eigenvalue weighted by Gasteiger charge is 2.24. The molecule has 4 rings (SSSR count). The number of rotatable bonds is 6. The van der Waals surface area contributed by atoms with Gasteiger partial charge in [-0.2, -0.15) is 13.2 Å². The predicted octanol–water partition coefficient (Wildman–Crippen LogP) is 8.21. The zero-order chi connectivity index (χ0) is 27.8. The molecule has 11 heteroatoms. The molecule has 3 aromatic carbocycles. The van der Waals surface area contributed by atoms with Crippen molar-refractivity contribution >= 4 is 36.0 Å². The van der Waals surface area contributed by atoms with Crippen LogP contribution >= 0.6 is 20.6 Å². The summed E-state index contributed by atoms with van der Waals surface area (Å²) in [6.45, 7) is 1.41. The van der Waals surface area contributed by atoms with E-state index < -0.39 is 53.0 Å². The monoisotopic (exact) mass is 572 g/mol. The molecule has 4 aromatic rings. The SMILES string of the molecule is CCCc1cc2cc(F)c(-c3cc(F)c(OCc4cc(F)c(C#CC(F)(F)F)c(F)c4)c(P)c3)c(F)c2s1. The second kappa shape index (κ2) is 10.9. The average Bonchev–Trinajstić information content (AvgIpc) is 3.20. The summed E-state index contributed by atoms with van der Waals surface area (Å²) < 4.78 is 116. The summed E-state index contributed by atoms with van der Waals surface area (Å²) >= 11 is 1.20. The van der Waals surface area contributed by atoms with Crippen LogP contribution in [-0.4, -0.2) is 6.18 Å². The highest BCUT2D eigenvalue weighted by atomic mass is 32.1. The van der Waals surface area contributed by atoms with E-state index in [2.05, 4.69) is 9.24 Å². The van der Waals surface area contributed by atoms with Crippen LogP contribution in [0.2, 0.25) is 0 Å². The smallest absolute Gasteiger partial charge is 0.458 e. The van der Waals surface area contributed by atoms with Gasteiger partial charge >= 0.3 is 6.18 Å². The molecule has 0 radical (unpaired) electrons. The maximum atomic E-state index is 15.3. The third-order valence-corrected chi connectivity index (χ3v) is 7.06. The van der Waals surface area contributed by atoms with Crippen molar-refractivity contribution in [1.82, 2.24) is 0 Å². The van der Waals surface area contributed by atoms with Gasteiger partial charge in [0.05, 0.1) is 15.8 Å². The van der Waals surface area contributed by atoms with Gasteiger partial charge in [-0.15, -0.1) is 20.6 Å². The topological polar surface area (TPSA) is 9.23 Å². The molecule has 0 saturated heterocycles. The fraction of sp³-hybridized carbons (Fsp3) is 0.185. The Morgan fingerprint density at radius 3 is 2.18 bits per heavy atom. The lowest BCUT2D eigenvalue weighted by atomic mass is 10.0. The molecule has 198 valence electrons. The van der Waals surface area contributed by atoms with Crippen LogP contribution in [0.3, 0.4) is 0 Å². The first-order valence-electron chi connectivity index (χ1n) is 11.1. The molecule has 38 heavy (non-hydrogen) atoms. The summed E-state index contributed by atoms with van der Waals surface area (Å²) in [7, 11) is 2.17. The maximum Gasteiger partial charge on any atom is 0.458 e. The highest BCUT2D eigenvalue weighted by molar-refractivity contribution is 7.27. The van der Waals surface area contributed by atoms with Gasteiger partial charge in [-0.1, -0.05) is 19.3 Å². The number of fused-ring (bicyclic) bond motifs is 1. The van der Waals surface area contributed by atoms with E-state index in [1.54, 1.807) is 6.07 Å². The Kier molecular flexibility index (Phi) is 8.01. The van der Waals surface area contributed by atoms with Crippen LogP contribution < -0.4 is 10.0 Å². The van der Waals surface area contributed by atoms with Crippen molar-refractivity contribution < 1.29 is 39.9 Å². The van der Waals surface area contributed by atoms with Gasteiger partial charge in [-0.3, -0.25) is 0 Å². The number of thiophene rings is 1. The second-order valence-corrected chi connectivity index (χ2v) is 10.0. The minimum absolute atomic E-state index is 0.0744. The van der Waals surface area contributed by atoms with Crippen molar-refractivity contribution in [2.24, 2.45) is 0 Å². The largest absolute Gasteiger partial charge is 0.485 e. The number of alkyl halides is 3. The normalized spacial score (nSPS) is 11.5. The molecule has 0 spiro atoms. The Morgan fingerprint density at radius 2 is 1.58 bits per heavy atom. The Morgan fingerprint density at radius 1 is 0.895 bits per heavy atom. The Bertz CT molecular complexity index is 1550. The molecule has 1 atom stereocenters. The summed E-state index contributed by atoms with van der Waals surface area (Å²) in [4.78, 5) is 0.896. The first-order valence-corrected chi connectivity index (χ1v) is 12.5. The number of benzene rings is 3. The number of halogens is 8. The number of ether oxygens (including phenoxy) is 1. The van der Waals surface area contributed by atoms with E-state index >= 15 is 4.39 Å². The van der Waals surface area contributed by atoms with E-state index in [0.29, 0.717) is 23.9 Å². The van der Waals surface area contributed by atoms with E-state index in [1.165, 1.54) is 29.4 Å². The number of hydrogen-bond donors (Lipinski definition) is 0. The predicted molar refractivity (Wildman–Crippen MR) is 134 cm³/mol. The van der Waals surface area contributed by atoms with Crippen molar-refractivity contribution in [1.29, 1.82) is 0 Å². The van der Waals surface area contributed by atoms with E-state index in [1.807, 2.05) is 6.92 Å². The molecule has 1 aromatic heterocycles. The zero-order valence-corrected chi connectivity index (χ0v) is 21.5. The fourth-order valence-corrected chi connectivity index (χ4v) is 5.41. The lowest BCUT2D eigenvalue weighted by Gasteiger charge is -2.14. The van der Waals surface area contributed by atoms with Crippen LogP contribution in [-0.2, 0) is 13.0 Å². The molecule has 0 aliphatic heterocycles. The Hall–Kier alpha value is -3.15. The van der Waals surface area contributed by atoms with Gasteiger partial charge in [0.2, 0.25) is 0 Å². The van der Waals surface area contributed by atoms with Gasteiger partial charge in [0.25, 0.3) is 0 Å². The molecule has 1 unspecified atom stereocenters. The molecule has 0 aliphatic carbocycles. The number of aryl methyl sites for hydroxylation is 1. The molecule has 0 aliphatic rings. The van der Waals surface area contributed by atoms with E-state index in [9.17, 15) is 30.7 Å². The molecular formula is C27H17F8OPS. The first-order chi connectivity index (χ1) is 17.9. The van der Waals surface area contributed by atoms with Gasteiger partial charge in [-0.25, -0.2) is 22.0 Å². The summed E-state index contributed by atoms with van der Waals surface area (Å²) in [5.74, 6) is -3.54. The minimum Gasteiger partial charge on any atom is -0.485 e. The summed E-state index contributed by atoms with van der Waals surface area (Å²) in [5, 5.41) is 0.490. The minimum atomic E-state index is -4.93. The van der Waals surface area contributed by atoms with Crippen LogP contribution in [0, 0.1) is 40.9 Å². The summed E-state index contributed by atoms with van der Waals surface area (Å²) in [6, 6.07) is 6.51. The van der Waals surface area contributed by atoms with E-state index in [-0.39, 0.29) is 26.9 Å². The Balaban J connectivity index is 1.62. The van der Waals surface area contributed by atoms with Gasteiger partial charge in [0, 0.05) is 16.1 Å². The lowest BCUT2D eigenvalue weighted by molar-refractivity contribution is -0.0696. The van der Waals surface area contributed by atoms with Crippen LogP contribution in [0.25, 0.3) is 21.2 Å². The van der Waals surface area contributed by atoms with Gasteiger partial charge in [-0.05, 0) is 59.3 Å². The van der Waals surface area contributed by atoms with Crippen molar-refractivity contribution in [2.45, 2.75) is 32.5 Å². The molecule has 0 amide bonds. The van der Waals surface area contributed by atoms with Crippen LogP contribution in [0.15, 0.2) is 36.4 Å².